The molecule has 5 nitrogen and oxygen atoms in total. The van der Waals surface area contributed by atoms with Crippen LogP contribution >= 0.6 is 23.1 Å². The van der Waals surface area contributed by atoms with Gasteiger partial charge in [0.05, 0.1) is 37.3 Å². The quantitative estimate of drug-likeness (QED) is 0.330. The molecule has 0 spiro atoms. The van der Waals surface area contributed by atoms with Crippen LogP contribution in [-0.2, 0) is 26.9 Å². The zero-order chi connectivity index (χ0) is 24.0. The number of thioether (sulfide) groups is 1. The molecule has 0 fully saturated rings. The number of nitrogens with one attached hydrogen (secondary N) is 1. The zero-order valence-corrected chi connectivity index (χ0v) is 19.4. The molecule has 0 radical (unpaired) electrons. The Labute approximate surface area is 197 Å². The highest BCUT2D eigenvalue weighted by Crippen LogP contribution is 2.33. The molecule has 0 saturated heterocycles. The molecule has 0 bridgehead atoms. The number of benzene rings is 2. The van der Waals surface area contributed by atoms with Crippen molar-refractivity contribution in [2.45, 2.75) is 30.0 Å². The van der Waals surface area contributed by atoms with E-state index < -0.39 is 23.8 Å². The summed E-state index contributed by atoms with van der Waals surface area (Å²) >= 11 is 2.74. The summed E-state index contributed by atoms with van der Waals surface area (Å²) in [4.78, 5) is 29.9. The molecule has 10 heteroatoms. The van der Waals surface area contributed by atoms with Gasteiger partial charge in [0.2, 0.25) is 5.91 Å². The topological polar surface area (TPSA) is 68.3 Å². The van der Waals surface area contributed by atoms with Crippen LogP contribution in [0.15, 0.2) is 58.8 Å². The van der Waals surface area contributed by atoms with E-state index in [0.717, 1.165) is 33.9 Å². The molecule has 2 aromatic carbocycles. The van der Waals surface area contributed by atoms with Crippen molar-refractivity contribution in [2.75, 3.05) is 13.4 Å². The molecule has 3 rings (SSSR count). The number of alkyl halides is 3. The van der Waals surface area contributed by atoms with Gasteiger partial charge in [0.25, 0.3) is 0 Å². The van der Waals surface area contributed by atoms with Crippen LogP contribution in [0.3, 0.4) is 0 Å². The predicted molar refractivity (Wildman–Crippen MR) is 122 cm³/mol. The number of esters is 1. The van der Waals surface area contributed by atoms with E-state index in [1.54, 1.807) is 23.2 Å². The average Bonchev–Trinajstić information content (AvgIpc) is 3.26. The molecular weight excluding hydrogens is 473 g/mol. The van der Waals surface area contributed by atoms with E-state index in [1.807, 2.05) is 30.5 Å². The molecule has 0 saturated carbocycles. The van der Waals surface area contributed by atoms with Gasteiger partial charge in [0.15, 0.2) is 0 Å². The molecule has 1 N–H and O–H groups in total. The summed E-state index contributed by atoms with van der Waals surface area (Å²) in [6, 6.07) is 11.8. The molecule has 0 aliphatic carbocycles. The van der Waals surface area contributed by atoms with Crippen molar-refractivity contribution >= 4 is 35.0 Å². The number of aromatic nitrogens is 1. The lowest BCUT2D eigenvalue weighted by atomic mass is 10.0. The number of carbonyl (C=O) groups is 2. The van der Waals surface area contributed by atoms with Crippen LogP contribution in [0, 0.1) is 0 Å². The lowest BCUT2D eigenvalue weighted by Crippen LogP contribution is -2.31. The fourth-order valence-electron chi connectivity index (χ4n) is 3.10. The van der Waals surface area contributed by atoms with E-state index in [0.29, 0.717) is 16.3 Å². The molecule has 174 valence electrons. The number of methoxy groups -OCH3 is 1. The summed E-state index contributed by atoms with van der Waals surface area (Å²) in [7, 11) is 1.28. The highest BCUT2D eigenvalue weighted by atomic mass is 32.2. The number of ether oxygens (including phenoxy) is 1. The number of hydrogen-bond acceptors (Lipinski definition) is 6. The third kappa shape index (κ3) is 6.82. The van der Waals surface area contributed by atoms with Crippen molar-refractivity contribution in [3.05, 3.63) is 70.7 Å². The summed E-state index contributed by atoms with van der Waals surface area (Å²) < 4.78 is 43.7. The normalized spacial score (nSPS) is 12.3. The van der Waals surface area contributed by atoms with Crippen LogP contribution in [0.4, 0.5) is 13.2 Å². The van der Waals surface area contributed by atoms with E-state index in [4.69, 9.17) is 4.74 Å². The fourth-order valence-corrected chi connectivity index (χ4v) is 4.32. The lowest BCUT2D eigenvalue weighted by Gasteiger charge is -2.18. The van der Waals surface area contributed by atoms with Crippen molar-refractivity contribution in [3.8, 4) is 10.6 Å². The molecule has 1 unspecified atom stereocenters. The van der Waals surface area contributed by atoms with Crippen LogP contribution in [0.5, 0.6) is 0 Å². The number of halogens is 3. The van der Waals surface area contributed by atoms with Crippen molar-refractivity contribution in [3.63, 3.8) is 0 Å². The number of nitrogens with zero attached hydrogens (tertiary/aromatic N) is 1. The highest BCUT2D eigenvalue weighted by Gasteiger charge is 2.30. The number of thiazole rings is 1. The van der Waals surface area contributed by atoms with Crippen molar-refractivity contribution in [1.82, 2.24) is 10.3 Å². The number of amides is 1. The maximum absolute atomic E-state index is 13.0. The molecule has 33 heavy (non-hydrogen) atoms. The van der Waals surface area contributed by atoms with Gasteiger partial charge >= 0.3 is 12.1 Å². The minimum Gasteiger partial charge on any atom is -0.469 e. The second-order valence-corrected chi connectivity index (χ2v) is 8.81. The molecule has 1 aromatic heterocycles. The van der Waals surface area contributed by atoms with Crippen molar-refractivity contribution < 1.29 is 27.5 Å². The predicted octanol–water partition coefficient (Wildman–Crippen LogP) is 5.51. The van der Waals surface area contributed by atoms with Crippen molar-refractivity contribution in [2.24, 2.45) is 0 Å². The second-order valence-electron chi connectivity index (χ2n) is 7.07. The Morgan fingerprint density at radius 1 is 1.18 bits per heavy atom. The van der Waals surface area contributed by atoms with Gasteiger partial charge in [0.1, 0.15) is 5.01 Å². The van der Waals surface area contributed by atoms with Gasteiger partial charge < -0.3 is 10.1 Å². The third-order valence-electron chi connectivity index (χ3n) is 4.78. The maximum atomic E-state index is 13.0. The van der Waals surface area contributed by atoms with Gasteiger partial charge in [-0.15, -0.1) is 23.1 Å². The first-order valence-electron chi connectivity index (χ1n) is 9.81. The largest absolute Gasteiger partial charge is 0.469 e. The standard InChI is InChI=1S/C23H21F3N2O3S2/c1-31-21(30)12-19(14-6-8-18(32-2)9-7-14)28-20(29)11-17-13-33-22(27-17)15-4-3-5-16(10-15)23(24,25)26/h3-10,13,19H,11-12H2,1-2H3,(H,28,29). The molecule has 1 heterocycles. The summed E-state index contributed by atoms with van der Waals surface area (Å²) in [6.07, 6.45) is -2.60. The Hall–Kier alpha value is -2.85. The highest BCUT2D eigenvalue weighted by molar-refractivity contribution is 7.98. The van der Waals surface area contributed by atoms with Crippen LogP contribution < -0.4 is 5.32 Å². The molecule has 0 aliphatic heterocycles. The minimum atomic E-state index is -4.45. The van der Waals surface area contributed by atoms with Gasteiger partial charge in [-0.25, -0.2) is 4.98 Å². The first-order chi connectivity index (χ1) is 15.7. The van der Waals surface area contributed by atoms with Crippen LogP contribution in [0.1, 0.15) is 29.3 Å². The van der Waals surface area contributed by atoms with Gasteiger partial charge in [-0.2, -0.15) is 13.2 Å². The number of rotatable bonds is 8. The Balaban J connectivity index is 1.72. The Morgan fingerprint density at radius 2 is 1.91 bits per heavy atom. The monoisotopic (exact) mass is 494 g/mol. The van der Waals surface area contributed by atoms with Gasteiger partial charge in [-0.05, 0) is 36.1 Å². The smallest absolute Gasteiger partial charge is 0.416 e. The first kappa shape index (κ1) is 24.8. The molecular formula is C23H21F3N2O3S2. The Morgan fingerprint density at radius 3 is 2.55 bits per heavy atom. The summed E-state index contributed by atoms with van der Waals surface area (Å²) in [5, 5.41) is 4.86. The van der Waals surface area contributed by atoms with Crippen LogP contribution in [0.2, 0.25) is 0 Å². The van der Waals surface area contributed by atoms with E-state index in [1.165, 1.54) is 13.2 Å². The van der Waals surface area contributed by atoms with E-state index >= 15 is 0 Å². The van der Waals surface area contributed by atoms with Crippen LogP contribution in [-0.4, -0.2) is 30.2 Å². The van der Waals surface area contributed by atoms with E-state index in [-0.39, 0.29) is 18.7 Å². The summed E-state index contributed by atoms with van der Waals surface area (Å²) in [6.45, 7) is 0. The summed E-state index contributed by atoms with van der Waals surface area (Å²) in [5.41, 5.74) is 0.764. The molecule has 0 aliphatic rings. The molecule has 1 amide bonds. The van der Waals surface area contributed by atoms with Gasteiger partial charge in [0, 0.05) is 15.8 Å². The van der Waals surface area contributed by atoms with E-state index in [9.17, 15) is 22.8 Å². The first-order valence-corrected chi connectivity index (χ1v) is 11.9. The molecule has 3 aromatic rings. The molecule has 1 atom stereocenters. The lowest BCUT2D eigenvalue weighted by molar-refractivity contribution is -0.141. The van der Waals surface area contributed by atoms with Crippen molar-refractivity contribution in [1.29, 1.82) is 0 Å². The summed E-state index contributed by atoms with van der Waals surface area (Å²) in [5.74, 6) is -0.825. The third-order valence-corrected chi connectivity index (χ3v) is 6.47. The maximum Gasteiger partial charge on any atom is 0.416 e. The second kappa shape index (κ2) is 10.8. The zero-order valence-electron chi connectivity index (χ0n) is 17.8. The average molecular weight is 495 g/mol. The van der Waals surface area contributed by atoms with Gasteiger partial charge in [-0.1, -0.05) is 24.3 Å². The Bertz CT molecular complexity index is 1110. The minimum absolute atomic E-state index is 0.0343. The fraction of sp³-hybridized carbons (Fsp3) is 0.261. The number of carbonyl (C=O) groups excluding carboxylic acids is 2. The van der Waals surface area contributed by atoms with E-state index in [2.05, 4.69) is 10.3 Å². The van der Waals surface area contributed by atoms with Crippen LogP contribution in [0.25, 0.3) is 10.6 Å². The SMILES string of the molecule is COC(=O)CC(NC(=O)Cc1csc(-c2cccc(C(F)(F)F)c2)n1)c1ccc(SC)cc1. The Kier molecular flexibility index (Phi) is 8.15. The number of hydrogen-bond donors (Lipinski definition) is 1. The van der Waals surface area contributed by atoms with Gasteiger partial charge in [-0.3, -0.25) is 9.59 Å².